The van der Waals surface area contributed by atoms with E-state index in [0.29, 0.717) is 12.2 Å². The molecule has 0 atom stereocenters. The van der Waals surface area contributed by atoms with Gasteiger partial charge in [0.2, 0.25) is 0 Å². The summed E-state index contributed by atoms with van der Waals surface area (Å²) >= 11 is 0. The van der Waals surface area contributed by atoms with Crippen LogP contribution >= 0.6 is 0 Å². The third kappa shape index (κ3) is 9.17. The number of hydrogen-bond acceptors (Lipinski definition) is 5. The molecule has 0 aromatic rings. The standard InChI is InChI=1S/C6H14NO.C4H4O4/c1-7(2)3-5-8-6-4-7;5-3(6)1-2-4(7)8/h3-6H2,1-2H3;1-2H,(H,5,6)(H,7,8)/q+1;/p-1/b;2-1+. The van der Waals surface area contributed by atoms with Gasteiger partial charge in [0.15, 0.2) is 0 Å². The van der Waals surface area contributed by atoms with E-state index in [1.165, 1.54) is 13.1 Å². The Balaban J connectivity index is 0. The van der Waals surface area contributed by atoms with E-state index in [1.54, 1.807) is 0 Å². The topological polar surface area (TPSA) is 89.5 Å². The number of quaternary nitrogens is 1. The number of rotatable bonds is 2. The van der Waals surface area contributed by atoms with Gasteiger partial charge < -0.3 is 29.0 Å². The number of hydrogen-bond donors (Lipinski definition) is 0. The molecule has 1 aliphatic rings. The molecule has 0 radical (unpaired) electrons. The van der Waals surface area contributed by atoms with Gasteiger partial charge in [0.1, 0.15) is 13.1 Å². The zero-order chi connectivity index (χ0) is 12.6. The molecule has 0 aromatic carbocycles. The quantitative estimate of drug-likeness (QED) is 0.379. The Morgan fingerprint density at radius 2 is 1.50 bits per heavy atom. The van der Waals surface area contributed by atoms with Crippen molar-refractivity contribution >= 4 is 11.9 Å². The fraction of sp³-hybridized carbons (Fsp3) is 0.600. The lowest BCUT2D eigenvalue weighted by Gasteiger charge is -2.33. The van der Waals surface area contributed by atoms with Crippen molar-refractivity contribution in [3.63, 3.8) is 0 Å². The first-order valence-corrected chi connectivity index (χ1v) is 4.83. The summed E-state index contributed by atoms with van der Waals surface area (Å²) in [5.41, 5.74) is 0. The number of ether oxygens (including phenoxy) is 1. The van der Waals surface area contributed by atoms with E-state index in [1.807, 2.05) is 0 Å². The van der Waals surface area contributed by atoms with E-state index < -0.39 is 11.9 Å². The summed E-state index contributed by atoms with van der Waals surface area (Å²) in [6, 6.07) is 0. The lowest BCUT2D eigenvalue weighted by molar-refractivity contribution is -0.898. The highest BCUT2D eigenvalue weighted by molar-refractivity contribution is 5.87. The Hall–Kier alpha value is -1.40. The van der Waals surface area contributed by atoms with Gasteiger partial charge in [0.25, 0.3) is 0 Å². The third-order valence-electron chi connectivity index (χ3n) is 2.04. The van der Waals surface area contributed by atoms with E-state index in [9.17, 15) is 19.8 Å². The molecule has 0 aromatic heterocycles. The maximum Gasteiger partial charge on any atom is 1.00 e. The van der Waals surface area contributed by atoms with Crippen molar-refractivity contribution in [2.45, 2.75) is 0 Å². The fourth-order valence-electron chi connectivity index (χ4n) is 0.973. The van der Waals surface area contributed by atoms with Crippen molar-refractivity contribution in [2.24, 2.45) is 0 Å². The lowest BCUT2D eigenvalue weighted by Crippen LogP contribution is -2.48. The number of likely N-dealkylation sites (N-methyl/N-ethyl adjacent to an activating group) is 1. The highest BCUT2D eigenvalue weighted by Crippen LogP contribution is 2.00. The highest BCUT2D eigenvalue weighted by atomic mass is 16.5. The number of carbonyl (C=O) groups excluding carboxylic acids is 2. The minimum atomic E-state index is -1.55. The molecular weight excluding hydrogens is 214 g/mol. The molecule has 0 saturated carbocycles. The summed E-state index contributed by atoms with van der Waals surface area (Å²) in [6.07, 6.45) is 0.769. The predicted octanol–water partition coefficient (Wildman–Crippen LogP) is -2.75. The maximum absolute atomic E-state index is 9.41. The molecule has 1 fully saturated rings. The fourth-order valence-corrected chi connectivity index (χ4v) is 0.973. The van der Waals surface area contributed by atoms with E-state index in [4.69, 9.17) is 4.74 Å². The molecule has 1 saturated heterocycles. The van der Waals surface area contributed by atoms with Gasteiger partial charge >= 0.3 is 1.43 Å². The van der Waals surface area contributed by atoms with Gasteiger partial charge in [-0.1, -0.05) is 0 Å². The van der Waals surface area contributed by atoms with Crippen molar-refractivity contribution in [2.75, 3.05) is 40.4 Å². The second-order valence-corrected chi connectivity index (χ2v) is 3.97. The molecule has 6 nitrogen and oxygen atoms in total. The zero-order valence-electron chi connectivity index (χ0n) is 10.5. The van der Waals surface area contributed by atoms with Gasteiger partial charge in [-0.05, 0) is 12.2 Å². The summed E-state index contributed by atoms with van der Waals surface area (Å²) in [6.45, 7) is 4.21. The van der Waals surface area contributed by atoms with E-state index in [0.717, 1.165) is 17.7 Å². The van der Waals surface area contributed by atoms with E-state index in [2.05, 4.69) is 14.1 Å². The Morgan fingerprint density at radius 1 is 1.12 bits per heavy atom. The van der Waals surface area contributed by atoms with Gasteiger partial charge in [0, 0.05) is 0 Å². The molecule has 1 heterocycles. The normalized spacial score (nSPS) is 18.6. The minimum Gasteiger partial charge on any atom is -0.545 e. The molecule has 1 rings (SSSR count). The van der Waals surface area contributed by atoms with Gasteiger partial charge in [-0.3, -0.25) is 0 Å². The average Bonchev–Trinajstić information content (AvgIpc) is 2.15. The van der Waals surface area contributed by atoms with Crippen LogP contribution in [0.15, 0.2) is 12.2 Å². The zero-order valence-corrected chi connectivity index (χ0v) is 9.47. The maximum atomic E-state index is 9.41. The number of aliphatic carboxylic acids is 2. The molecule has 6 heteroatoms. The highest BCUT2D eigenvalue weighted by Gasteiger charge is 2.18. The van der Waals surface area contributed by atoms with Crippen LogP contribution in [0.5, 0.6) is 0 Å². The summed E-state index contributed by atoms with van der Waals surface area (Å²) < 4.78 is 6.31. The largest absolute Gasteiger partial charge is 1.00 e. The Bertz CT molecular complexity index is 254. The van der Waals surface area contributed by atoms with Crippen molar-refractivity contribution in [1.82, 2.24) is 0 Å². The molecular formula is C10H17NO5. The Labute approximate surface area is 95.8 Å². The average molecular weight is 231 g/mol. The Morgan fingerprint density at radius 3 is 1.69 bits per heavy atom. The molecule has 16 heavy (non-hydrogen) atoms. The number of carboxylic acids is 2. The monoisotopic (exact) mass is 231 g/mol. The third-order valence-corrected chi connectivity index (χ3v) is 2.04. The first-order chi connectivity index (χ1) is 7.33. The van der Waals surface area contributed by atoms with Crippen LogP contribution in [0.3, 0.4) is 0 Å². The number of morpholine rings is 1. The van der Waals surface area contributed by atoms with E-state index in [-0.39, 0.29) is 1.43 Å². The second kappa shape index (κ2) is 6.97. The molecule has 0 amide bonds. The SMILES string of the molecule is C[N+]1(C)CCOCC1.O=C([O-])/C=C/C(=O)[O-].[H+]. The van der Waals surface area contributed by atoms with Crippen LogP contribution in [0.25, 0.3) is 0 Å². The van der Waals surface area contributed by atoms with Gasteiger partial charge in [-0.2, -0.15) is 0 Å². The smallest absolute Gasteiger partial charge is 0.545 e. The molecule has 1 aliphatic heterocycles. The Kier molecular flexibility index (Phi) is 6.36. The van der Waals surface area contributed by atoms with Crippen LogP contribution < -0.4 is 10.2 Å². The number of carboxylic acid groups (broad SMARTS) is 2. The second-order valence-electron chi connectivity index (χ2n) is 3.97. The van der Waals surface area contributed by atoms with Crippen LogP contribution in [0, 0.1) is 0 Å². The van der Waals surface area contributed by atoms with Crippen LogP contribution in [0.1, 0.15) is 1.43 Å². The summed E-state index contributed by atoms with van der Waals surface area (Å²) in [7, 11) is 4.48. The van der Waals surface area contributed by atoms with Gasteiger partial charge in [0.05, 0.1) is 39.2 Å². The van der Waals surface area contributed by atoms with Crippen LogP contribution in [0.2, 0.25) is 0 Å². The molecule has 0 aliphatic carbocycles. The number of carbonyl (C=O) groups is 2. The molecule has 0 bridgehead atoms. The first-order valence-electron chi connectivity index (χ1n) is 4.83. The van der Waals surface area contributed by atoms with Crippen molar-refractivity contribution in [1.29, 1.82) is 0 Å². The predicted molar refractivity (Wildman–Crippen MR) is 52.9 cm³/mol. The molecule has 0 unspecified atom stereocenters. The van der Waals surface area contributed by atoms with Crippen molar-refractivity contribution < 1.29 is 30.4 Å². The van der Waals surface area contributed by atoms with Gasteiger partial charge in [-0.15, -0.1) is 0 Å². The van der Waals surface area contributed by atoms with Crippen molar-refractivity contribution in [3.05, 3.63) is 12.2 Å². The first kappa shape index (κ1) is 14.6. The molecule has 92 valence electrons. The van der Waals surface area contributed by atoms with E-state index >= 15 is 0 Å². The number of nitrogens with zero attached hydrogens (tertiary/aromatic N) is 1. The van der Waals surface area contributed by atoms with Crippen LogP contribution in [-0.2, 0) is 14.3 Å². The lowest BCUT2D eigenvalue weighted by atomic mass is 10.4. The molecule has 0 N–H and O–H groups in total. The van der Waals surface area contributed by atoms with Gasteiger partial charge in [-0.25, -0.2) is 0 Å². The summed E-state index contributed by atoms with van der Waals surface area (Å²) in [4.78, 5) is 18.8. The van der Waals surface area contributed by atoms with Crippen LogP contribution in [-0.4, -0.2) is 56.8 Å². The summed E-state index contributed by atoms with van der Waals surface area (Å²) in [5, 5.41) is 18.8. The minimum absolute atomic E-state index is 0. The summed E-state index contributed by atoms with van der Waals surface area (Å²) in [5.74, 6) is -3.09. The van der Waals surface area contributed by atoms with Crippen LogP contribution in [0.4, 0.5) is 0 Å². The van der Waals surface area contributed by atoms with Crippen molar-refractivity contribution in [3.8, 4) is 0 Å². The molecule has 0 spiro atoms.